The van der Waals surface area contributed by atoms with E-state index in [1.165, 1.54) is 32.1 Å². The Kier molecular flexibility index (Phi) is 15.2. The third-order valence-corrected chi connectivity index (χ3v) is 5.69. The Morgan fingerprint density at radius 1 is 0.613 bits per heavy atom. The average molecular weight is 443 g/mol. The lowest BCUT2D eigenvalue weighted by Crippen LogP contribution is -2.30. The lowest BCUT2D eigenvalue weighted by atomic mass is 9.95. The van der Waals surface area contributed by atoms with Crippen LogP contribution in [0.2, 0.25) is 0 Å². The third kappa shape index (κ3) is 15.9. The van der Waals surface area contributed by atoms with Gasteiger partial charge in [0.1, 0.15) is 12.2 Å². The Morgan fingerprint density at radius 2 is 1.00 bits per heavy atom. The van der Waals surface area contributed by atoms with Crippen molar-refractivity contribution in [2.45, 2.75) is 123 Å². The van der Waals surface area contributed by atoms with Crippen LogP contribution in [0, 0.1) is 11.8 Å². The van der Waals surface area contributed by atoms with Gasteiger partial charge in [-0.3, -0.25) is 0 Å². The highest BCUT2D eigenvalue weighted by atomic mass is 16.7. The van der Waals surface area contributed by atoms with E-state index in [2.05, 4.69) is 27.7 Å². The van der Waals surface area contributed by atoms with Crippen LogP contribution in [0.4, 0.5) is 9.59 Å². The van der Waals surface area contributed by atoms with Gasteiger partial charge in [-0.2, -0.15) is 0 Å². The first-order chi connectivity index (χ1) is 14.9. The number of ether oxygens (including phenoxy) is 4. The molecule has 0 unspecified atom stereocenters. The van der Waals surface area contributed by atoms with Crippen molar-refractivity contribution >= 4 is 12.3 Å². The Balaban J connectivity index is 1.98. The van der Waals surface area contributed by atoms with Crippen molar-refractivity contribution in [1.29, 1.82) is 0 Å². The van der Waals surface area contributed by atoms with Crippen molar-refractivity contribution in [2.24, 2.45) is 11.8 Å². The standard InChI is InChI=1S/C25H46O6/c1-20(2)12-9-7-5-6-8-10-18-28-24(26)30-22-14-16-23(17-15-22)31-25(27)29-19-11-13-21(3)4/h20-23H,5-19H2,1-4H3. The quantitative estimate of drug-likeness (QED) is 0.194. The summed E-state index contributed by atoms with van der Waals surface area (Å²) in [5, 5.41) is 0. The van der Waals surface area contributed by atoms with Gasteiger partial charge in [0.2, 0.25) is 0 Å². The molecule has 6 heteroatoms. The summed E-state index contributed by atoms with van der Waals surface area (Å²) in [6.45, 7) is 9.65. The van der Waals surface area contributed by atoms with Gasteiger partial charge in [0, 0.05) is 0 Å². The summed E-state index contributed by atoms with van der Waals surface area (Å²) in [4.78, 5) is 23.6. The summed E-state index contributed by atoms with van der Waals surface area (Å²) in [6.07, 6.45) is 11.5. The second kappa shape index (κ2) is 17.1. The van der Waals surface area contributed by atoms with Gasteiger partial charge < -0.3 is 18.9 Å². The molecular weight excluding hydrogens is 396 g/mol. The minimum atomic E-state index is -0.590. The van der Waals surface area contributed by atoms with E-state index in [1.54, 1.807) is 0 Å². The molecule has 0 amide bonds. The molecule has 0 atom stereocenters. The monoisotopic (exact) mass is 442 g/mol. The predicted molar refractivity (Wildman–Crippen MR) is 122 cm³/mol. The smallest absolute Gasteiger partial charge is 0.434 e. The lowest BCUT2D eigenvalue weighted by molar-refractivity contribution is -0.0271. The van der Waals surface area contributed by atoms with Crippen LogP contribution in [0.5, 0.6) is 0 Å². The molecule has 31 heavy (non-hydrogen) atoms. The van der Waals surface area contributed by atoms with E-state index in [0.717, 1.165) is 31.6 Å². The number of carbonyl (C=O) groups is 2. The van der Waals surface area contributed by atoms with Gasteiger partial charge in [-0.15, -0.1) is 0 Å². The van der Waals surface area contributed by atoms with Crippen LogP contribution in [-0.2, 0) is 18.9 Å². The first-order valence-electron chi connectivity index (χ1n) is 12.5. The molecule has 1 saturated carbocycles. The van der Waals surface area contributed by atoms with E-state index < -0.39 is 12.3 Å². The zero-order valence-electron chi connectivity index (χ0n) is 20.4. The molecule has 0 aromatic heterocycles. The first-order valence-corrected chi connectivity index (χ1v) is 12.5. The Bertz CT molecular complexity index is 469. The van der Waals surface area contributed by atoms with Crippen molar-refractivity contribution in [3.05, 3.63) is 0 Å². The fourth-order valence-corrected chi connectivity index (χ4v) is 3.77. The molecule has 0 N–H and O–H groups in total. The van der Waals surface area contributed by atoms with Crippen LogP contribution >= 0.6 is 0 Å². The first kappa shape index (κ1) is 27.6. The highest BCUT2D eigenvalue weighted by Gasteiger charge is 2.27. The summed E-state index contributed by atoms with van der Waals surface area (Å²) in [7, 11) is 0. The number of rotatable bonds is 15. The molecule has 0 heterocycles. The lowest BCUT2D eigenvalue weighted by Gasteiger charge is -2.27. The molecule has 0 saturated heterocycles. The zero-order chi connectivity index (χ0) is 22.9. The van der Waals surface area contributed by atoms with Crippen LogP contribution in [0.1, 0.15) is 111 Å². The van der Waals surface area contributed by atoms with Gasteiger partial charge in [-0.05, 0) is 56.8 Å². The molecule has 0 aromatic carbocycles. The normalized spacial score (nSPS) is 18.8. The largest absolute Gasteiger partial charge is 0.508 e. The summed E-state index contributed by atoms with van der Waals surface area (Å²) in [5.41, 5.74) is 0. The maximum atomic E-state index is 11.9. The van der Waals surface area contributed by atoms with Crippen LogP contribution in [0.25, 0.3) is 0 Å². The summed E-state index contributed by atoms with van der Waals surface area (Å²) >= 11 is 0. The second-order valence-electron chi connectivity index (χ2n) is 9.67. The molecule has 1 aliphatic carbocycles. The molecular formula is C25H46O6. The van der Waals surface area contributed by atoms with Gasteiger partial charge >= 0.3 is 12.3 Å². The molecule has 1 aliphatic rings. The molecule has 0 aromatic rings. The summed E-state index contributed by atoms with van der Waals surface area (Å²) < 4.78 is 21.1. The summed E-state index contributed by atoms with van der Waals surface area (Å²) in [5.74, 6) is 1.40. The Labute approximate surface area is 189 Å². The minimum Gasteiger partial charge on any atom is -0.434 e. The van der Waals surface area contributed by atoms with E-state index in [4.69, 9.17) is 18.9 Å². The van der Waals surface area contributed by atoms with Crippen molar-refractivity contribution in [1.82, 2.24) is 0 Å². The topological polar surface area (TPSA) is 71.1 Å². The second-order valence-corrected chi connectivity index (χ2v) is 9.67. The fourth-order valence-electron chi connectivity index (χ4n) is 3.77. The molecule has 0 radical (unpaired) electrons. The highest BCUT2D eigenvalue weighted by molar-refractivity contribution is 5.60. The SMILES string of the molecule is CC(C)CCCCCCCCOC(=O)OC1CCC(OC(=O)OCCCC(C)C)CC1. The van der Waals surface area contributed by atoms with Crippen LogP contribution in [0.3, 0.4) is 0 Å². The van der Waals surface area contributed by atoms with Crippen molar-refractivity contribution in [3.8, 4) is 0 Å². The highest BCUT2D eigenvalue weighted by Crippen LogP contribution is 2.24. The molecule has 0 aliphatic heterocycles. The van der Waals surface area contributed by atoms with Gasteiger partial charge in [-0.25, -0.2) is 9.59 Å². The van der Waals surface area contributed by atoms with E-state index >= 15 is 0 Å². The minimum absolute atomic E-state index is 0.157. The number of carbonyl (C=O) groups excluding carboxylic acids is 2. The van der Waals surface area contributed by atoms with Crippen molar-refractivity contribution in [2.75, 3.05) is 13.2 Å². The molecule has 0 spiro atoms. The molecule has 182 valence electrons. The van der Waals surface area contributed by atoms with Crippen molar-refractivity contribution < 1.29 is 28.5 Å². The third-order valence-electron chi connectivity index (χ3n) is 5.69. The average Bonchev–Trinajstić information content (AvgIpc) is 2.71. The van der Waals surface area contributed by atoms with E-state index in [-0.39, 0.29) is 12.2 Å². The fraction of sp³-hybridized carbons (Fsp3) is 0.920. The van der Waals surface area contributed by atoms with Gasteiger partial charge in [0.25, 0.3) is 0 Å². The van der Waals surface area contributed by atoms with Gasteiger partial charge in [0.05, 0.1) is 13.2 Å². The van der Waals surface area contributed by atoms with Crippen LogP contribution in [0.15, 0.2) is 0 Å². The Hall–Kier alpha value is -1.46. The maximum Gasteiger partial charge on any atom is 0.508 e. The molecule has 1 fully saturated rings. The number of hydrogen-bond acceptors (Lipinski definition) is 6. The molecule has 0 bridgehead atoms. The molecule has 6 nitrogen and oxygen atoms in total. The number of hydrogen-bond donors (Lipinski definition) is 0. The van der Waals surface area contributed by atoms with E-state index in [1.807, 2.05) is 0 Å². The van der Waals surface area contributed by atoms with Crippen LogP contribution in [-0.4, -0.2) is 37.7 Å². The predicted octanol–water partition coefficient (Wildman–Crippen LogP) is 7.43. The van der Waals surface area contributed by atoms with Gasteiger partial charge in [0.15, 0.2) is 0 Å². The van der Waals surface area contributed by atoms with Crippen molar-refractivity contribution in [3.63, 3.8) is 0 Å². The molecule has 1 rings (SSSR count). The van der Waals surface area contributed by atoms with Gasteiger partial charge in [-0.1, -0.05) is 66.2 Å². The number of unbranched alkanes of at least 4 members (excludes halogenated alkanes) is 5. The summed E-state index contributed by atoms with van der Waals surface area (Å²) in [6, 6.07) is 0. The zero-order valence-corrected chi connectivity index (χ0v) is 20.4. The maximum absolute atomic E-state index is 11.9. The van der Waals surface area contributed by atoms with Crippen LogP contribution < -0.4 is 0 Å². The Morgan fingerprint density at radius 3 is 1.48 bits per heavy atom. The van der Waals surface area contributed by atoms with E-state index in [0.29, 0.717) is 44.8 Å². The van der Waals surface area contributed by atoms with E-state index in [9.17, 15) is 9.59 Å².